The Labute approximate surface area is 150 Å². The summed E-state index contributed by atoms with van der Waals surface area (Å²) in [6.07, 6.45) is 1.81. The lowest BCUT2D eigenvalue weighted by Gasteiger charge is -2.09. The van der Waals surface area contributed by atoms with Crippen molar-refractivity contribution in [1.82, 2.24) is 5.32 Å². The molecule has 3 rings (SSSR count). The van der Waals surface area contributed by atoms with Gasteiger partial charge in [0.1, 0.15) is 0 Å². The SMILES string of the molecule is CCOc1ccc(/C=C2/SC(=Nc3ccccc3)NC2=O)cc1OC. The lowest BCUT2D eigenvalue weighted by Crippen LogP contribution is -2.19. The molecule has 0 spiro atoms. The van der Waals surface area contributed by atoms with Crippen LogP contribution in [0, 0.1) is 0 Å². The Kier molecular flexibility index (Phi) is 5.40. The Balaban J connectivity index is 1.82. The van der Waals surface area contributed by atoms with Gasteiger partial charge in [0, 0.05) is 0 Å². The molecule has 6 heteroatoms. The molecule has 0 saturated carbocycles. The zero-order chi connectivity index (χ0) is 17.6. The molecule has 5 nitrogen and oxygen atoms in total. The smallest absolute Gasteiger partial charge is 0.264 e. The van der Waals surface area contributed by atoms with E-state index in [-0.39, 0.29) is 5.91 Å². The van der Waals surface area contributed by atoms with Gasteiger partial charge in [0.15, 0.2) is 16.7 Å². The number of carbonyl (C=O) groups is 1. The van der Waals surface area contributed by atoms with Crippen LogP contribution in [-0.2, 0) is 4.79 Å². The first-order chi connectivity index (χ1) is 12.2. The molecule has 1 amide bonds. The largest absolute Gasteiger partial charge is 0.493 e. The molecule has 25 heavy (non-hydrogen) atoms. The molecule has 128 valence electrons. The molecular weight excluding hydrogens is 336 g/mol. The standard InChI is InChI=1S/C19H18N2O3S/c1-3-24-15-10-9-13(11-16(15)23-2)12-17-18(22)21-19(25-17)20-14-7-5-4-6-8-14/h4-12H,3H2,1-2H3,(H,20,21,22)/b17-12+. The van der Waals surface area contributed by atoms with Crippen LogP contribution in [0.15, 0.2) is 58.4 Å². The molecule has 1 aliphatic rings. The minimum absolute atomic E-state index is 0.160. The van der Waals surface area contributed by atoms with Crippen LogP contribution in [0.2, 0.25) is 0 Å². The van der Waals surface area contributed by atoms with E-state index in [1.807, 2.05) is 61.5 Å². The fourth-order valence-corrected chi connectivity index (χ4v) is 3.14. The van der Waals surface area contributed by atoms with Crippen molar-refractivity contribution in [2.24, 2.45) is 4.99 Å². The van der Waals surface area contributed by atoms with Gasteiger partial charge in [-0.05, 0) is 54.6 Å². The topological polar surface area (TPSA) is 59.9 Å². The molecular formula is C19H18N2O3S. The van der Waals surface area contributed by atoms with Crippen molar-refractivity contribution in [3.8, 4) is 11.5 Å². The van der Waals surface area contributed by atoms with Crippen LogP contribution in [0.5, 0.6) is 11.5 Å². The van der Waals surface area contributed by atoms with Crippen LogP contribution < -0.4 is 14.8 Å². The maximum absolute atomic E-state index is 12.2. The fraction of sp³-hybridized carbons (Fsp3) is 0.158. The summed E-state index contributed by atoms with van der Waals surface area (Å²) < 4.78 is 10.9. The number of ether oxygens (including phenoxy) is 2. The van der Waals surface area contributed by atoms with Crippen LogP contribution in [0.3, 0.4) is 0 Å². The van der Waals surface area contributed by atoms with Gasteiger partial charge in [-0.1, -0.05) is 24.3 Å². The van der Waals surface area contributed by atoms with Crippen LogP contribution in [0.1, 0.15) is 12.5 Å². The Bertz CT molecular complexity index is 832. The number of hydrogen-bond acceptors (Lipinski definition) is 5. The highest BCUT2D eigenvalue weighted by molar-refractivity contribution is 8.18. The van der Waals surface area contributed by atoms with E-state index in [0.29, 0.717) is 28.2 Å². The maximum atomic E-state index is 12.2. The number of aliphatic imine (C=N–C) groups is 1. The van der Waals surface area contributed by atoms with Gasteiger partial charge in [0.25, 0.3) is 5.91 Å². The number of para-hydroxylation sites is 1. The molecule has 0 unspecified atom stereocenters. The highest BCUT2D eigenvalue weighted by Crippen LogP contribution is 2.32. The average Bonchev–Trinajstić information content (AvgIpc) is 2.96. The average molecular weight is 354 g/mol. The zero-order valence-corrected chi connectivity index (χ0v) is 14.8. The predicted octanol–water partition coefficient (Wildman–Crippen LogP) is 3.99. The summed E-state index contributed by atoms with van der Waals surface area (Å²) in [6.45, 7) is 2.48. The Morgan fingerprint density at radius 3 is 2.68 bits per heavy atom. The number of carbonyl (C=O) groups excluding carboxylic acids is 1. The van der Waals surface area contributed by atoms with E-state index in [1.54, 1.807) is 7.11 Å². The summed E-state index contributed by atoms with van der Waals surface area (Å²) >= 11 is 1.31. The molecule has 0 radical (unpaired) electrons. The van der Waals surface area contributed by atoms with Gasteiger partial charge in [0.05, 0.1) is 24.3 Å². The lowest BCUT2D eigenvalue weighted by atomic mass is 10.2. The normalized spacial score (nSPS) is 17.0. The van der Waals surface area contributed by atoms with Gasteiger partial charge in [-0.25, -0.2) is 4.99 Å². The van der Waals surface area contributed by atoms with Crippen molar-refractivity contribution in [2.75, 3.05) is 13.7 Å². The third-order valence-electron chi connectivity index (χ3n) is 3.42. The molecule has 1 saturated heterocycles. The number of methoxy groups -OCH3 is 1. The summed E-state index contributed by atoms with van der Waals surface area (Å²) in [6, 6.07) is 15.1. The molecule has 1 aliphatic heterocycles. The van der Waals surface area contributed by atoms with Crippen LogP contribution in [0.25, 0.3) is 6.08 Å². The van der Waals surface area contributed by atoms with E-state index in [1.165, 1.54) is 11.8 Å². The Morgan fingerprint density at radius 2 is 1.96 bits per heavy atom. The second-order valence-electron chi connectivity index (χ2n) is 5.16. The highest BCUT2D eigenvalue weighted by atomic mass is 32.2. The fourth-order valence-electron chi connectivity index (χ4n) is 2.30. The van der Waals surface area contributed by atoms with E-state index in [4.69, 9.17) is 9.47 Å². The molecule has 2 aromatic carbocycles. The van der Waals surface area contributed by atoms with Crippen molar-refractivity contribution < 1.29 is 14.3 Å². The number of benzene rings is 2. The van der Waals surface area contributed by atoms with E-state index in [9.17, 15) is 4.79 Å². The monoisotopic (exact) mass is 354 g/mol. The molecule has 1 heterocycles. The number of hydrogen-bond donors (Lipinski definition) is 1. The third-order valence-corrected chi connectivity index (χ3v) is 4.33. The summed E-state index contributed by atoms with van der Waals surface area (Å²) in [7, 11) is 1.59. The first-order valence-electron chi connectivity index (χ1n) is 7.85. The first kappa shape index (κ1) is 17.1. The van der Waals surface area contributed by atoms with Gasteiger partial charge >= 0.3 is 0 Å². The molecule has 1 fully saturated rings. The summed E-state index contributed by atoms with van der Waals surface area (Å²) in [5.41, 5.74) is 1.66. The lowest BCUT2D eigenvalue weighted by molar-refractivity contribution is -0.115. The number of nitrogens with one attached hydrogen (secondary N) is 1. The maximum Gasteiger partial charge on any atom is 0.264 e. The summed E-state index contributed by atoms with van der Waals surface area (Å²) in [4.78, 5) is 17.2. The predicted molar refractivity (Wildman–Crippen MR) is 101 cm³/mol. The molecule has 0 atom stereocenters. The van der Waals surface area contributed by atoms with E-state index >= 15 is 0 Å². The van der Waals surface area contributed by atoms with Gasteiger partial charge < -0.3 is 14.8 Å². The zero-order valence-electron chi connectivity index (χ0n) is 14.0. The van der Waals surface area contributed by atoms with Crippen LogP contribution >= 0.6 is 11.8 Å². The van der Waals surface area contributed by atoms with E-state index in [0.717, 1.165) is 11.3 Å². The molecule has 0 aliphatic carbocycles. The van der Waals surface area contributed by atoms with Crippen LogP contribution in [-0.4, -0.2) is 24.8 Å². The Morgan fingerprint density at radius 1 is 1.16 bits per heavy atom. The quantitative estimate of drug-likeness (QED) is 0.825. The van der Waals surface area contributed by atoms with E-state index in [2.05, 4.69) is 10.3 Å². The van der Waals surface area contributed by atoms with Crippen molar-refractivity contribution in [3.05, 3.63) is 59.0 Å². The summed E-state index contributed by atoms with van der Waals surface area (Å²) in [5, 5.41) is 3.35. The third kappa shape index (κ3) is 4.22. The van der Waals surface area contributed by atoms with Gasteiger partial charge in [0.2, 0.25) is 0 Å². The number of amidine groups is 1. The van der Waals surface area contributed by atoms with E-state index < -0.39 is 0 Å². The van der Waals surface area contributed by atoms with Gasteiger partial charge in [-0.2, -0.15) is 0 Å². The summed E-state index contributed by atoms with van der Waals surface area (Å²) in [5.74, 6) is 1.16. The number of amides is 1. The second kappa shape index (κ2) is 7.90. The minimum atomic E-state index is -0.160. The number of nitrogens with zero attached hydrogens (tertiary/aromatic N) is 1. The number of thioether (sulfide) groups is 1. The number of rotatable bonds is 5. The molecule has 1 N–H and O–H groups in total. The first-order valence-corrected chi connectivity index (χ1v) is 8.66. The van der Waals surface area contributed by atoms with Crippen molar-refractivity contribution in [3.63, 3.8) is 0 Å². The van der Waals surface area contributed by atoms with Gasteiger partial charge in [-0.3, -0.25) is 4.79 Å². The van der Waals surface area contributed by atoms with Crippen molar-refractivity contribution >= 4 is 34.6 Å². The minimum Gasteiger partial charge on any atom is -0.493 e. The highest BCUT2D eigenvalue weighted by Gasteiger charge is 2.23. The van der Waals surface area contributed by atoms with Crippen LogP contribution in [0.4, 0.5) is 5.69 Å². The van der Waals surface area contributed by atoms with Crippen molar-refractivity contribution in [2.45, 2.75) is 6.92 Å². The van der Waals surface area contributed by atoms with Crippen molar-refractivity contribution in [1.29, 1.82) is 0 Å². The second-order valence-corrected chi connectivity index (χ2v) is 6.19. The molecule has 0 bridgehead atoms. The van der Waals surface area contributed by atoms with Gasteiger partial charge in [-0.15, -0.1) is 0 Å². The Hall–Kier alpha value is -2.73. The molecule has 0 aromatic heterocycles. The molecule has 2 aromatic rings.